The Hall–Kier alpha value is -3.43. The molecule has 0 radical (unpaired) electrons. The maximum Gasteiger partial charge on any atom is 0.242 e. The van der Waals surface area contributed by atoms with E-state index in [1.165, 1.54) is 18.3 Å². The number of amides is 1. The monoisotopic (exact) mass is 439 g/mol. The van der Waals surface area contributed by atoms with Gasteiger partial charge in [-0.25, -0.2) is 8.42 Å². The minimum absolute atomic E-state index is 0.0102. The molecule has 4 rings (SSSR count). The second-order valence-corrected chi connectivity index (χ2v) is 8.61. The normalized spacial score (nSPS) is 13.9. The Labute approximate surface area is 180 Å². The number of rotatable bonds is 7. The van der Waals surface area contributed by atoms with E-state index >= 15 is 0 Å². The third kappa shape index (κ3) is 5.19. The Kier molecular flexibility index (Phi) is 6.15. The first-order valence-corrected chi connectivity index (χ1v) is 11.2. The van der Waals surface area contributed by atoms with Crippen LogP contribution in [0.2, 0.25) is 0 Å². The number of anilines is 1. The van der Waals surface area contributed by atoms with Gasteiger partial charge in [0.05, 0.1) is 16.8 Å². The lowest BCUT2D eigenvalue weighted by Crippen LogP contribution is -2.45. The molecular formula is C22H21N3O5S. The largest absolute Gasteiger partial charge is 0.486 e. The van der Waals surface area contributed by atoms with Crippen LogP contribution in [0.15, 0.2) is 78.0 Å². The average molecular weight is 439 g/mol. The van der Waals surface area contributed by atoms with Gasteiger partial charge in [0.25, 0.3) is 0 Å². The van der Waals surface area contributed by atoms with Crippen LogP contribution in [0.1, 0.15) is 5.56 Å². The van der Waals surface area contributed by atoms with E-state index < -0.39 is 22.0 Å². The van der Waals surface area contributed by atoms with E-state index in [0.29, 0.717) is 30.4 Å². The van der Waals surface area contributed by atoms with E-state index in [-0.39, 0.29) is 11.3 Å². The molecule has 0 fully saturated rings. The van der Waals surface area contributed by atoms with Crippen molar-refractivity contribution in [2.45, 2.75) is 17.4 Å². The highest BCUT2D eigenvalue weighted by atomic mass is 32.2. The van der Waals surface area contributed by atoms with Gasteiger partial charge in [-0.2, -0.15) is 4.72 Å². The second kappa shape index (κ2) is 9.15. The van der Waals surface area contributed by atoms with Gasteiger partial charge in [0, 0.05) is 12.3 Å². The first-order chi connectivity index (χ1) is 15.0. The number of carbonyl (C=O) groups is 1. The van der Waals surface area contributed by atoms with Crippen molar-refractivity contribution in [1.82, 2.24) is 9.71 Å². The van der Waals surface area contributed by atoms with E-state index in [1.54, 1.807) is 24.4 Å². The molecule has 2 heterocycles. The minimum atomic E-state index is -4.01. The summed E-state index contributed by atoms with van der Waals surface area (Å²) in [5.41, 5.74) is 1.29. The molecule has 0 bridgehead atoms. The van der Waals surface area contributed by atoms with Gasteiger partial charge in [-0.3, -0.25) is 9.78 Å². The number of ether oxygens (including phenoxy) is 2. The van der Waals surface area contributed by atoms with Gasteiger partial charge < -0.3 is 14.8 Å². The third-order valence-corrected chi connectivity index (χ3v) is 6.12. The molecule has 2 N–H and O–H groups in total. The SMILES string of the molecule is O=C(Nc1cccnc1)[C@H](Cc1ccccc1)NS(=O)(=O)c1ccc2c(c1)OCCO2. The molecular weight excluding hydrogens is 418 g/mol. The molecule has 31 heavy (non-hydrogen) atoms. The second-order valence-electron chi connectivity index (χ2n) is 6.90. The smallest absolute Gasteiger partial charge is 0.242 e. The highest BCUT2D eigenvalue weighted by molar-refractivity contribution is 7.89. The number of hydrogen-bond acceptors (Lipinski definition) is 6. The summed E-state index contributed by atoms with van der Waals surface area (Å²) in [6, 6.07) is 15.9. The van der Waals surface area contributed by atoms with Crippen LogP contribution in [0.3, 0.4) is 0 Å². The summed E-state index contributed by atoms with van der Waals surface area (Å²) in [6.07, 6.45) is 3.26. The minimum Gasteiger partial charge on any atom is -0.486 e. The lowest BCUT2D eigenvalue weighted by molar-refractivity contribution is -0.117. The molecule has 0 saturated carbocycles. The van der Waals surface area contributed by atoms with Crippen LogP contribution in [0.25, 0.3) is 0 Å². The van der Waals surface area contributed by atoms with Gasteiger partial charge >= 0.3 is 0 Å². The first kappa shape index (κ1) is 20.8. The predicted octanol–water partition coefficient (Wildman–Crippen LogP) is 2.38. The molecule has 1 aliphatic rings. The number of benzene rings is 2. The van der Waals surface area contributed by atoms with Gasteiger partial charge in [-0.05, 0) is 36.2 Å². The third-order valence-electron chi connectivity index (χ3n) is 4.65. The van der Waals surface area contributed by atoms with E-state index in [4.69, 9.17) is 9.47 Å². The molecule has 0 spiro atoms. The number of aromatic nitrogens is 1. The summed E-state index contributed by atoms with van der Waals surface area (Å²) < 4.78 is 39.6. The van der Waals surface area contributed by atoms with Crippen molar-refractivity contribution in [3.05, 3.63) is 78.6 Å². The number of nitrogens with zero attached hydrogens (tertiary/aromatic N) is 1. The molecule has 0 saturated heterocycles. The van der Waals surface area contributed by atoms with Crippen LogP contribution < -0.4 is 19.5 Å². The highest BCUT2D eigenvalue weighted by Crippen LogP contribution is 2.32. The Morgan fingerprint density at radius 2 is 1.77 bits per heavy atom. The molecule has 1 aromatic heterocycles. The molecule has 8 nitrogen and oxygen atoms in total. The molecule has 2 aromatic carbocycles. The maximum absolute atomic E-state index is 13.1. The van der Waals surface area contributed by atoms with Crippen LogP contribution in [-0.2, 0) is 21.2 Å². The zero-order valence-electron chi connectivity index (χ0n) is 16.5. The molecule has 160 valence electrons. The summed E-state index contributed by atoms with van der Waals surface area (Å²) in [5, 5.41) is 2.71. The van der Waals surface area contributed by atoms with Crippen molar-refractivity contribution in [3.8, 4) is 11.5 Å². The quantitative estimate of drug-likeness (QED) is 0.585. The maximum atomic E-state index is 13.1. The Morgan fingerprint density at radius 3 is 2.52 bits per heavy atom. The van der Waals surface area contributed by atoms with E-state index in [1.807, 2.05) is 30.3 Å². The Balaban J connectivity index is 1.59. The zero-order valence-corrected chi connectivity index (χ0v) is 17.3. The van der Waals surface area contributed by atoms with Crippen molar-refractivity contribution < 1.29 is 22.7 Å². The van der Waals surface area contributed by atoms with Crippen molar-refractivity contribution in [2.24, 2.45) is 0 Å². The van der Waals surface area contributed by atoms with Gasteiger partial charge in [0.15, 0.2) is 11.5 Å². The Bertz CT molecular complexity index is 1150. The summed E-state index contributed by atoms with van der Waals surface area (Å²) in [4.78, 5) is 16.9. The summed E-state index contributed by atoms with van der Waals surface area (Å²) in [5.74, 6) is 0.354. The van der Waals surface area contributed by atoms with Crippen molar-refractivity contribution in [2.75, 3.05) is 18.5 Å². The Morgan fingerprint density at radius 1 is 1.00 bits per heavy atom. The number of fused-ring (bicyclic) bond motifs is 1. The van der Waals surface area contributed by atoms with Gasteiger partial charge in [-0.1, -0.05) is 30.3 Å². The van der Waals surface area contributed by atoms with E-state index in [0.717, 1.165) is 5.56 Å². The molecule has 1 atom stereocenters. The summed E-state index contributed by atoms with van der Waals surface area (Å²) >= 11 is 0. The van der Waals surface area contributed by atoms with Crippen LogP contribution in [0, 0.1) is 0 Å². The van der Waals surface area contributed by atoms with Crippen LogP contribution >= 0.6 is 0 Å². The molecule has 1 aliphatic heterocycles. The number of sulfonamides is 1. The average Bonchev–Trinajstić information content (AvgIpc) is 2.79. The zero-order chi connectivity index (χ0) is 21.7. The fourth-order valence-electron chi connectivity index (χ4n) is 3.15. The topological polar surface area (TPSA) is 107 Å². The predicted molar refractivity (Wildman–Crippen MR) is 115 cm³/mol. The van der Waals surface area contributed by atoms with Crippen molar-refractivity contribution in [1.29, 1.82) is 0 Å². The number of hydrogen-bond donors (Lipinski definition) is 2. The molecule has 0 aliphatic carbocycles. The highest BCUT2D eigenvalue weighted by Gasteiger charge is 2.27. The van der Waals surface area contributed by atoms with Gasteiger partial charge in [0.1, 0.15) is 19.3 Å². The molecule has 3 aromatic rings. The van der Waals surface area contributed by atoms with E-state index in [2.05, 4.69) is 15.0 Å². The molecule has 1 amide bonds. The number of carbonyl (C=O) groups excluding carboxylic acids is 1. The first-order valence-electron chi connectivity index (χ1n) is 9.68. The number of pyridine rings is 1. The fourth-order valence-corrected chi connectivity index (χ4v) is 4.36. The van der Waals surface area contributed by atoms with Crippen LogP contribution in [0.4, 0.5) is 5.69 Å². The van der Waals surface area contributed by atoms with Gasteiger partial charge in [-0.15, -0.1) is 0 Å². The summed E-state index contributed by atoms with van der Waals surface area (Å²) in [6.45, 7) is 0.749. The fraction of sp³-hybridized carbons (Fsp3) is 0.182. The number of nitrogens with one attached hydrogen (secondary N) is 2. The van der Waals surface area contributed by atoms with E-state index in [9.17, 15) is 13.2 Å². The van der Waals surface area contributed by atoms with Crippen LogP contribution in [-0.4, -0.2) is 38.6 Å². The lowest BCUT2D eigenvalue weighted by atomic mass is 10.1. The van der Waals surface area contributed by atoms with Crippen LogP contribution in [0.5, 0.6) is 11.5 Å². The van der Waals surface area contributed by atoms with Crippen molar-refractivity contribution in [3.63, 3.8) is 0 Å². The lowest BCUT2D eigenvalue weighted by Gasteiger charge is -2.21. The summed E-state index contributed by atoms with van der Waals surface area (Å²) in [7, 11) is -4.01. The van der Waals surface area contributed by atoms with Gasteiger partial charge in [0.2, 0.25) is 15.9 Å². The standard InChI is InChI=1S/C22H21N3O5S/c26-22(24-17-7-4-10-23-15-17)19(13-16-5-2-1-3-6-16)25-31(27,28)18-8-9-20-21(14-18)30-12-11-29-20/h1-10,14-15,19,25H,11-13H2,(H,24,26)/t19-/m0/s1. The molecule has 0 unspecified atom stereocenters. The molecule has 9 heteroatoms. The van der Waals surface area contributed by atoms with Crippen molar-refractivity contribution >= 4 is 21.6 Å².